The summed E-state index contributed by atoms with van der Waals surface area (Å²) < 4.78 is 39.1. The predicted molar refractivity (Wildman–Crippen MR) is 95.3 cm³/mol. The van der Waals surface area contributed by atoms with Gasteiger partial charge in [-0.2, -0.15) is 13.2 Å². The van der Waals surface area contributed by atoms with Gasteiger partial charge in [-0.1, -0.05) is 12.1 Å². The number of imide groups is 1. The Hall–Kier alpha value is -2.46. The van der Waals surface area contributed by atoms with Gasteiger partial charge in [-0.15, -0.1) is 0 Å². The van der Waals surface area contributed by atoms with Crippen molar-refractivity contribution < 1.29 is 27.6 Å². The molecule has 7 nitrogen and oxygen atoms in total. The van der Waals surface area contributed by atoms with Crippen molar-refractivity contribution in [1.82, 2.24) is 15.1 Å². The maximum Gasteiger partial charge on any atom is 0.394 e. The van der Waals surface area contributed by atoms with Crippen molar-refractivity contribution in [3.05, 3.63) is 34.9 Å². The first-order chi connectivity index (χ1) is 13.6. The number of likely N-dealkylation sites (tertiary alicyclic amines) is 1. The molecule has 3 amide bonds. The van der Waals surface area contributed by atoms with Gasteiger partial charge < -0.3 is 10.6 Å². The van der Waals surface area contributed by atoms with Gasteiger partial charge in [-0.05, 0) is 23.6 Å². The van der Waals surface area contributed by atoms with Crippen LogP contribution in [0.25, 0.3) is 0 Å². The molecule has 4 rings (SSSR count). The predicted octanol–water partition coefficient (Wildman–Crippen LogP) is 0.769. The fraction of sp³-hybridized carbons (Fsp3) is 0.526. The van der Waals surface area contributed by atoms with Gasteiger partial charge in [-0.25, -0.2) is 0 Å². The monoisotopic (exact) mass is 410 g/mol. The number of fused-ring (bicyclic) bond motifs is 1. The Bertz CT molecular complexity index is 873. The molecule has 0 bridgehead atoms. The van der Waals surface area contributed by atoms with Crippen LogP contribution in [0.1, 0.15) is 34.3 Å². The number of nitrogens with two attached hydrogens (primary N) is 1. The number of alkyl halides is 3. The van der Waals surface area contributed by atoms with Crippen LogP contribution in [0.5, 0.6) is 0 Å². The highest BCUT2D eigenvalue weighted by atomic mass is 19.4. The lowest BCUT2D eigenvalue weighted by atomic mass is 10.0. The van der Waals surface area contributed by atoms with Crippen LogP contribution >= 0.6 is 0 Å². The summed E-state index contributed by atoms with van der Waals surface area (Å²) in [6.45, 7) is 0.500. The summed E-state index contributed by atoms with van der Waals surface area (Å²) in [6.07, 6.45) is -3.87. The number of benzene rings is 1. The molecule has 3 N–H and O–H groups in total. The second kappa shape index (κ2) is 7.10. The van der Waals surface area contributed by atoms with Crippen molar-refractivity contribution >= 4 is 17.7 Å². The van der Waals surface area contributed by atoms with E-state index in [0.29, 0.717) is 5.56 Å². The average molecular weight is 410 g/mol. The van der Waals surface area contributed by atoms with E-state index >= 15 is 0 Å². The average Bonchev–Trinajstić information content (AvgIpc) is 3.15. The number of halogens is 3. The zero-order valence-corrected chi connectivity index (χ0v) is 15.5. The van der Waals surface area contributed by atoms with Crippen LogP contribution in [-0.2, 0) is 22.7 Å². The molecule has 0 spiro atoms. The number of rotatable bonds is 3. The first kappa shape index (κ1) is 19.8. The molecule has 2 fully saturated rings. The number of amides is 3. The Balaban J connectivity index is 1.46. The molecule has 0 saturated carbocycles. The molecule has 3 atom stereocenters. The minimum atomic E-state index is -4.33. The number of piperidine rings is 1. The normalized spacial score (nSPS) is 28.1. The Kier molecular flexibility index (Phi) is 4.86. The summed E-state index contributed by atoms with van der Waals surface area (Å²) in [5.74, 6) is -2.69. The first-order valence-electron chi connectivity index (χ1n) is 9.44. The van der Waals surface area contributed by atoms with Crippen LogP contribution in [0.15, 0.2) is 18.2 Å². The van der Waals surface area contributed by atoms with Gasteiger partial charge in [0.05, 0.1) is 5.92 Å². The highest BCUT2D eigenvalue weighted by Gasteiger charge is 2.48. The molecule has 156 valence electrons. The minimum Gasteiger partial charge on any atom is -0.326 e. The lowest BCUT2D eigenvalue weighted by Crippen LogP contribution is -2.52. The molecule has 29 heavy (non-hydrogen) atoms. The number of nitrogens with one attached hydrogen (secondary N) is 1. The zero-order valence-electron chi connectivity index (χ0n) is 15.5. The van der Waals surface area contributed by atoms with Gasteiger partial charge in [0.1, 0.15) is 6.04 Å². The van der Waals surface area contributed by atoms with Crippen molar-refractivity contribution in [3.63, 3.8) is 0 Å². The van der Waals surface area contributed by atoms with Gasteiger partial charge in [0.2, 0.25) is 11.8 Å². The number of hydrogen-bond donors (Lipinski definition) is 2. The van der Waals surface area contributed by atoms with Gasteiger partial charge in [0.25, 0.3) is 5.91 Å². The Labute approximate surface area is 165 Å². The van der Waals surface area contributed by atoms with Crippen LogP contribution in [-0.4, -0.2) is 58.9 Å². The highest BCUT2D eigenvalue weighted by molar-refractivity contribution is 6.05. The highest BCUT2D eigenvalue weighted by Crippen LogP contribution is 2.34. The van der Waals surface area contributed by atoms with Crippen molar-refractivity contribution in [2.75, 3.05) is 13.1 Å². The molecule has 3 aliphatic rings. The molecular weight excluding hydrogens is 389 g/mol. The number of hydrogen-bond acceptors (Lipinski definition) is 5. The van der Waals surface area contributed by atoms with E-state index in [9.17, 15) is 27.6 Å². The van der Waals surface area contributed by atoms with Crippen molar-refractivity contribution in [2.24, 2.45) is 11.7 Å². The summed E-state index contributed by atoms with van der Waals surface area (Å²) in [5, 5.41) is 2.25. The lowest BCUT2D eigenvalue weighted by Gasteiger charge is -2.29. The van der Waals surface area contributed by atoms with Crippen molar-refractivity contribution in [2.45, 2.75) is 44.2 Å². The molecule has 2 saturated heterocycles. The van der Waals surface area contributed by atoms with E-state index in [1.807, 2.05) is 0 Å². The Morgan fingerprint density at radius 2 is 1.93 bits per heavy atom. The molecule has 3 unspecified atom stereocenters. The molecule has 1 aromatic carbocycles. The van der Waals surface area contributed by atoms with E-state index in [0.717, 1.165) is 11.1 Å². The zero-order chi connectivity index (χ0) is 20.9. The Morgan fingerprint density at radius 3 is 2.59 bits per heavy atom. The second-order valence-corrected chi connectivity index (χ2v) is 7.90. The van der Waals surface area contributed by atoms with Crippen LogP contribution < -0.4 is 11.1 Å². The maximum atomic E-state index is 13.0. The van der Waals surface area contributed by atoms with Crippen LogP contribution in [0, 0.1) is 5.92 Å². The lowest BCUT2D eigenvalue weighted by molar-refractivity contribution is -0.173. The van der Waals surface area contributed by atoms with E-state index in [1.54, 1.807) is 23.1 Å². The second-order valence-electron chi connectivity index (χ2n) is 7.90. The molecule has 3 aliphatic heterocycles. The fourth-order valence-electron chi connectivity index (χ4n) is 4.35. The topological polar surface area (TPSA) is 95.7 Å². The Morgan fingerprint density at radius 1 is 1.17 bits per heavy atom. The van der Waals surface area contributed by atoms with Crippen LogP contribution in [0.4, 0.5) is 13.2 Å². The van der Waals surface area contributed by atoms with Gasteiger partial charge in [0.15, 0.2) is 0 Å². The number of carbonyl (C=O) groups excluding carboxylic acids is 3. The van der Waals surface area contributed by atoms with Crippen LogP contribution in [0.3, 0.4) is 0 Å². The van der Waals surface area contributed by atoms with Crippen molar-refractivity contribution in [3.8, 4) is 0 Å². The molecule has 1 aromatic rings. The van der Waals surface area contributed by atoms with Crippen LogP contribution in [0.2, 0.25) is 0 Å². The van der Waals surface area contributed by atoms with E-state index in [2.05, 4.69) is 5.32 Å². The summed E-state index contributed by atoms with van der Waals surface area (Å²) in [7, 11) is 0. The molecular formula is C19H21F3N4O3. The summed E-state index contributed by atoms with van der Waals surface area (Å²) in [5.41, 5.74) is 7.59. The third-order valence-electron chi connectivity index (χ3n) is 5.86. The maximum absolute atomic E-state index is 13.0. The van der Waals surface area contributed by atoms with Gasteiger partial charge >= 0.3 is 6.18 Å². The van der Waals surface area contributed by atoms with Gasteiger partial charge in [0, 0.05) is 44.2 Å². The SMILES string of the molecule is NC1CN(Cc2ccc3c(c2)C(=O)N(C2CCC(=O)NC2=O)C3)CC1C(F)(F)F. The number of nitrogens with zero attached hydrogens (tertiary/aromatic N) is 2. The standard InChI is InChI=1S/C19H21F3N4O3/c20-19(21,22)13-8-25(9-14(13)23)6-10-1-2-11-7-26(18(29)12(11)5-10)15-3-4-16(27)24-17(15)28/h1-2,5,13-15H,3-4,6-9,23H2,(H,24,27,28). The van der Waals surface area contributed by atoms with E-state index in [4.69, 9.17) is 5.73 Å². The van der Waals surface area contributed by atoms with E-state index in [-0.39, 0.29) is 50.8 Å². The molecule has 10 heteroatoms. The van der Waals surface area contributed by atoms with E-state index in [1.165, 1.54) is 4.90 Å². The largest absolute Gasteiger partial charge is 0.394 e. The first-order valence-corrected chi connectivity index (χ1v) is 9.44. The molecule has 0 aliphatic carbocycles. The third kappa shape index (κ3) is 3.74. The fourth-order valence-corrected chi connectivity index (χ4v) is 4.35. The minimum absolute atomic E-state index is 0.137. The third-order valence-corrected chi connectivity index (χ3v) is 5.86. The molecule has 0 radical (unpaired) electrons. The quantitative estimate of drug-likeness (QED) is 0.718. The van der Waals surface area contributed by atoms with Gasteiger partial charge in [-0.3, -0.25) is 24.6 Å². The molecule has 3 heterocycles. The number of carbonyl (C=O) groups is 3. The van der Waals surface area contributed by atoms with Crippen molar-refractivity contribution in [1.29, 1.82) is 0 Å². The smallest absolute Gasteiger partial charge is 0.326 e. The summed E-state index contributed by atoms with van der Waals surface area (Å²) in [6, 6.07) is 3.57. The summed E-state index contributed by atoms with van der Waals surface area (Å²) >= 11 is 0. The summed E-state index contributed by atoms with van der Waals surface area (Å²) in [4.78, 5) is 39.3. The van der Waals surface area contributed by atoms with E-state index < -0.39 is 30.1 Å². The molecule has 0 aromatic heterocycles.